The largest absolute Gasteiger partial charge is 0.455 e. The van der Waals surface area contributed by atoms with E-state index in [4.69, 9.17) is 14.2 Å². The lowest BCUT2D eigenvalue weighted by Crippen LogP contribution is -2.77. The molecule has 7 rings (SSSR count). The fraction of sp³-hybridized carbons (Fsp3) is 0.643. The minimum Gasteiger partial charge on any atom is -0.455 e. The van der Waals surface area contributed by atoms with Gasteiger partial charge in [0.05, 0.1) is 23.4 Å². The van der Waals surface area contributed by atoms with Gasteiger partial charge in [0, 0.05) is 11.0 Å². The first-order chi connectivity index (χ1) is 17.6. The maximum atomic E-state index is 14.6. The van der Waals surface area contributed by atoms with Gasteiger partial charge in [-0.1, -0.05) is 31.2 Å². The van der Waals surface area contributed by atoms with Gasteiger partial charge in [0.15, 0.2) is 28.4 Å². The van der Waals surface area contributed by atoms with Gasteiger partial charge in [-0.3, -0.25) is 9.59 Å². The first-order valence-corrected chi connectivity index (χ1v) is 13.1. The van der Waals surface area contributed by atoms with Crippen molar-refractivity contribution in [3.8, 4) is 0 Å². The molecule has 0 radical (unpaired) electrons. The number of fused-ring (bicyclic) bond motifs is 9. The van der Waals surface area contributed by atoms with Gasteiger partial charge in [-0.15, -0.1) is 0 Å². The van der Waals surface area contributed by atoms with Crippen LogP contribution >= 0.6 is 0 Å². The van der Waals surface area contributed by atoms with Crippen LogP contribution in [0.5, 0.6) is 0 Å². The minimum absolute atomic E-state index is 0.00631. The van der Waals surface area contributed by atoms with Crippen LogP contribution < -0.4 is 0 Å². The number of allylic oxidation sites excluding steroid dienone is 3. The van der Waals surface area contributed by atoms with Gasteiger partial charge < -0.3 is 29.5 Å². The number of hydrogen-bond donors (Lipinski definition) is 3. The molecule has 4 bridgehead atoms. The number of ketones is 2. The van der Waals surface area contributed by atoms with E-state index in [1.807, 2.05) is 0 Å². The summed E-state index contributed by atoms with van der Waals surface area (Å²) in [7, 11) is 0. The quantitative estimate of drug-likeness (QED) is 0.230. The highest BCUT2D eigenvalue weighted by atomic mass is 16.7. The van der Waals surface area contributed by atoms with Crippen molar-refractivity contribution in [2.24, 2.45) is 28.6 Å². The summed E-state index contributed by atoms with van der Waals surface area (Å²) < 4.78 is 17.8. The van der Waals surface area contributed by atoms with Gasteiger partial charge in [0.25, 0.3) is 0 Å². The van der Waals surface area contributed by atoms with Gasteiger partial charge in [-0.05, 0) is 51.5 Å². The van der Waals surface area contributed by atoms with E-state index in [0.29, 0.717) is 12.0 Å². The second-order valence-electron chi connectivity index (χ2n) is 12.7. The molecule has 7 aliphatic rings. The van der Waals surface area contributed by atoms with Crippen molar-refractivity contribution in [2.75, 3.05) is 0 Å². The van der Waals surface area contributed by atoms with Crippen LogP contribution in [0.25, 0.3) is 0 Å². The Morgan fingerprint density at radius 1 is 1.11 bits per heavy atom. The molecule has 0 amide bonds. The summed E-state index contributed by atoms with van der Waals surface area (Å²) in [5.74, 6) is -9.26. The van der Waals surface area contributed by atoms with Crippen LogP contribution in [0.2, 0.25) is 0 Å². The van der Waals surface area contributed by atoms with Crippen LogP contribution in [0, 0.1) is 28.6 Å². The zero-order valence-corrected chi connectivity index (χ0v) is 21.4. The third kappa shape index (κ3) is 2.15. The van der Waals surface area contributed by atoms with Gasteiger partial charge in [0.1, 0.15) is 6.10 Å². The van der Waals surface area contributed by atoms with Gasteiger partial charge in [0.2, 0.25) is 5.79 Å². The Morgan fingerprint density at radius 2 is 1.82 bits per heavy atom. The summed E-state index contributed by atoms with van der Waals surface area (Å²) in [5.41, 5.74) is -8.34. The normalized spacial score (nSPS) is 56.2. The maximum Gasteiger partial charge on any atom is 0.342 e. The zero-order chi connectivity index (χ0) is 27.4. The second kappa shape index (κ2) is 6.55. The highest BCUT2D eigenvalue weighted by Gasteiger charge is 2.92. The highest BCUT2D eigenvalue weighted by Crippen LogP contribution is 2.73. The van der Waals surface area contributed by atoms with Gasteiger partial charge >= 0.3 is 11.9 Å². The molecule has 38 heavy (non-hydrogen) atoms. The molecule has 0 aromatic rings. The lowest BCUT2D eigenvalue weighted by atomic mass is 9.47. The maximum absolute atomic E-state index is 14.6. The number of ether oxygens (including phenoxy) is 3. The Labute approximate surface area is 218 Å². The summed E-state index contributed by atoms with van der Waals surface area (Å²) in [6.07, 6.45) is 2.38. The Bertz CT molecular complexity index is 1350. The Hall–Kier alpha value is -2.66. The highest BCUT2D eigenvalue weighted by molar-refractivity contribution is 6.02. The molecular formula is C28H30O10. The Balaban J connectivity index is 1.52. The van der Waals surface area contributed by atoms with E-state index in [-0.39, 0.29) is 30.6 Å². The number of hydrogen-bond acceptors (Lipinski definition) is 10. The van der Waals surface area contributed by atoms with E-state index in [9.17, 15) is 34.5 Å². The van der Waals surface area contributed by atoms with Crippen LogP contribution in [0.4, 0.5) is 0 Å². The lowest BCUT2D eigenvalue weighted by Gasteiger charge is -2.60. The van der Waals surface area contributed by atoms with E-state index in [2.05, 4.69) is 6.58 Å². The zero-order valence-electron chi connectivity index (χ0n) is 21.4. The predicted octanol–water partition coefficient (Wildman–Crippen LogP) is 0.430. The number of aliphatic hydroxyl groups excluding tert-OH is 1. The number of esters is 2. The molecule has 10 nitrogen and oxygen atoms in total. The van der Waals surface area contributed by atoms with Crippen LogP contribution in [-0.4, -0.2) is 73.6 Å². The van der Waals surface area contributed by atoms with E-state index < -0.39 is 81.1 Å². The molecule has 202 valence electrons. The summed E-state index contributed by atoms with van der Waals surface area (Å²) in [6.45, 7) is 8.65. The molecule has 2 unspecified atom stereocenters. The van der Waals surface area contributed by atoms with Crippen molar-refractivity contribution < 1.29 is 48.7 Å². The molecule has 4 heterocycles. The topological polar surface area (TPSA) is 157 Å². The SMILES string of the molecule is C=C1C(=O)OC2C[C@@]1(C)[C@@H]1C(=O)[C@]3(O)O[C@]14[C@@]2(C)OC(=O)[C@@]4(O)CC[C@H]1C3[C@H](O)C=C2CC=CC(=O)[C@@]21C. The first kappa shape index (κ1) is 24.4. The van der Waals surface area contributed by atoms with E-state index >= 15 is 0 Å². The molecule has 3 aliphatic carbocycles. The average molecular weight is 527 g/mol. The third-order valence-electron chi connectivity index (χ3n) is 11.3. The van der Waals surface area contributed by atoms with E-state index in [1.54, 1.807) is 19.9 Å². The standard InChI is InChI=1S/C28H30O10/c1-12-21(32)36-17-11-23(12,2)19-20(31)27(35)18-14(24(3)13(10-15(18)29)6-5-7-16(24)30)8-9-26(34)22(33)37-25(17,4)28(19,26)38-27/h5,7,10,14-15,17-19,29,34-35H,1,6,8-9,11H2,2-4H3/t14-,15+,17?,18?,19-,23+,24-,25-,26-,27+,28-/m0/s1. The monoisotopic (exact) mass is 526 g/mol. The Kier molecular flexibility index (Phi) is 4.20. The smallest absolute Gasteiger partial charge is 0.342 e. The molecule has 0 aromatic carbocycles. The molecule has 1 saturated carbocycles. The summed E-state index contributed by atoms with van der Waals surface area (Å²) in [5, 5.41) is 36.0. The third-order valence-corrected chi connectivity index (χ3v) is 11.3. The summed E-state index contributed by atoms with van der Waals surface area (Å²) in [6, 6.07) is 0. The van der Waals surface area contributed by atoms with Gasteiger partial charge in [-0.25, -0.2) is 9.59 Å². The second-order valence-corrected chi connectivity index (χ2v) is 12.7. The molecule has 4 aliphatic heterocycles. The first-order valence-electron chi connectivity index (χ1n) is 13.1. The van der Waals surface area contributed by atoms with Crippen molar-refractivity contribution in [3.63, 3.8) is 0 Å². The number of carbonyl (C=O) groups excluding carboxylic acids is 4. The molecule has 1 spiro atoms. The average Bonchev–Trinajstić information content (AvgIpc) is 3.19. The molecular weight excluding hydrogens is 496 g/mol. The molecule has 10 heteroatoms. The molecule has 11 atom stereocenters. The number of Topliss-reactive ketones (excluding diaryl/α,β-unsaturated/α-hetero) is 1. The van der Waals surface area contributed by atoms with Crippen molar-refractivity contribution in [2.45, 2.75) is 81.3 Å². The molecule has 0 aromatic heterocycles. The molecule has 4 saturated heterocycles. The van der Waals surface area contributed by atoms with Crippen molar-refractivity contribution in [1.82, 2.24) is 0 Å². The number of rotatable bonds is 0. The van der Waals surface area contributed by atoms with Crippen molar-refractivity contribution in [3.05, 3.63) is 36.0 Å². The molecule has 5 fully saturated rings. The fourth-order valence-corrected chi connectivity index (χ4v) is 9.26. The van der Waals surface area contributed by atoms with Crippen LogP contribution in [0.3, 0.4) is 0 Å². The predicted molar refractivity (Wildman–Crippen MR) is 126 cm³/mol. The summed E-state index contributed by atoms with van der Waals surface area (Å²) >= 11 is 0. The van der Waals surface area contributed by atoms with Crippen molar-refractivity contribution >= 4 is 23.5 Å². The summed E-state index contributed by atoms with van der Waals surface area (Å²) in [4.78, 5) is 54.4. The lowest BCUT2D eigenvalue weighted by molar-refractivity contribution is -0.344. The van der Waals surface area contributed by atoms with Crippen molar-refractivity contribution in [1.29, 1.82) is 0 Å². The van der Waals surface area contributed by atoms with Crippen LogP contribution in [0.1, 0.15) is 46.5 Å². The Morgan fingerprint density at radius 3 is 2.53 bits per heavy atom. The minimum atomic E-state index is -2.71. The number of carbonyl (C=O) groups is 4. The van der Waals surface area contributed by atoms with E-state index in [1.165, 1.54) is 19.1 Å². The van der Waals surface area contributed by atoms with Gasteiger partial charge in [-0.2, -0.15) is 0 Å². The molecule has 3 N–H and O–H groups in total. The van der Waals surface area contributed by atoms with Crippen LogP contribution in [-0.2, 0) is 33.4 Å². The number of aliphatic hydroxyl groups is 3. The van der Waals surface area contributed by atoms with E-state index in [0.717, 1.165) is 0 Å². The van der Waals surface area contributed by atoms with Crippen LogP contribution in [0.15, 0.2) is 36.0 Å². The fourth-order valence-electron chi connectivity index (χ4n) is 9.26.